The molecule has 0 saturated carbocycles. The van der Waals surface area contributed by atoms with E-state index in [2.05, 4.69) is 15.6 Å². The molecular formula is C23H21BClN5O3. The number of halogens is 1. The minimum Gasteiger partial charge on any atom is -0.494 e. The van der Waals surface area contributed by atoms with Gasteiger partial charge in [-0.25, -0.2) is 4.98 Å². The van der Waals surface area contributed by atoms with Crippen LogP contribution in [-0.2, 0) is 0 Å². The van der Waals surface area contributed by atoms with Gasteiger partial charge in [0, 0.05) is 42.5 Å². The number of hydrogen-bond donors (Lipinski definition) is 3. The first-order valence-electron chi connectivity index (χ1n) is 9.77. The highest BCUT2D eigenvalue weighted by Crippen LogP contribution is 2.33. The lowest BCUT2D eigenvalue weighted by atomic mass is 9.99. The topological polar surface area (TPSA) is 107 Å². The predicted molar refractivity (Wildman–Crippen MR) is 130 cm³/mol. The molecule has 0 fully saturated rings. The molecule has 0 saturated heterocycles. The lowest BCUT2D eigenvalue weighted by molar-refractivity contribution is 0.102. The number of rotatable bonds is 6. The fourth-order valence-corrected chi connectivity index (χ4v) is 3.15. The highest BCUT2D eigenvalue weighted by atomic mass is 35.5. The summed E-state index contributed by atoms with van der Waals surface area (Å²) in [6.45, 7) is 0. The number of ether oxygens (including phenoxy) is 1. The first-order chi connectivity index (χ1) is 15.7. The molecule has 1 aromatic heterocycles. The zero-order valence-corrected chi connectivity index (χ0v) is 19.0. The van der Waals surface area contributed by atoms with E-state index in [1.165, 1.54) is 25.4 Å². The maximum Gasteiger partial charge on any atom is 0.259 e. The van der Waals surface area contributed by atoms with Crippen molar-refractivity contribution in [1.82, 2.24) is 9.88 Å². The minimum atomic E-state index is -0.543. The second kappa shape index (κ2) is 10.2. The highest BCUT2D eigenvalue weighted by molar-refractivity contribution is 6.32. The molecule has 33 heavy (non-hydrogen) atoms. The molecular weight excluding hydrogens is 441 g/mol. The standard InChI is InChI=1S/C23H21BClN5O3/c1-30(2)21(26)13-4-6-14(7-5-13)22(31)29-20-17(10-16(25)11-18(20)33-3)23(32)28-19-9-8-15(24)12-27-19/h4-12,26H,1-3H3,(H,29,31)(H,27,28,32). The number of anilines is 2. The van der Waals surface area contributed by atoms with Crippen molar-refractivity contribution in [3.63, 3.8) is 0 Å². The molecule has 2 aromatic carbocycles. The maximum atomic E-state index is 13.0. The van der Waals surface area contributed by atoms with Crippen molar-refractivity contribution in [3.8, 4) is 5.75 Å². The van der Waals surface area contributed by atoms with Crippen LogP contribution in [0.4, 0.5) is 11.5 Å². The van der Waals surface area contributed by atoms with E-state index in [1.807, 2.05) is 0 Å². The van der Waals surface area contributed by atoms with Gasteiger partial charge in [0.25, 0.3) is 11.8 Å². The molecule has 0 unspecified atom stereocenters. The molecule has 1 heterocycles. The van der Waals surface area contributed by atoms with Crippen LogP contribution in [0.25, 0.3) is 0 Å². The number of pyridine rings is 1. The van der Waals surface area contributed by atoms with Gasteiger partial charge in [0.2, 0.25) is 0 Å². The lowest BCUT2D eigenvalue weighted by Gasteiger charge is -2.16. The monoisotopic (exact) mass is 461 g/mol. The number of nitrogens with zero attached hydrogens (tertiary/aromatic N) is 2. The van der Waals surface area contributed by atoms with E-state index in [-0.39, 0.29) is 27.8 Å². The average molecular weight is 462 g/mol. The molecule has 0 aliphatic heterocycles. The third kappa shape index (κ3) is 5.69. The van der Waals surface area contributed by atoms with Crippen LogP contribution in [0.15, 0.2) is 54.7 Å². The van der Waals surface area contributed by atoms with E-state index >= 15 is 0 Å². The molecule has 2 amide bonds. The number of carbonyl (C=O) groups excluding carboxylic acids is 2. The number of benzene rings is 2. The number of methoxy groups -OCH3 is 1. The average Bonchev–Trinajstić information content (AvgIpc) is 2.80. The van der Waals surface area contributed by atoms with Crippen molar-refractivity contribution in [3.05, 3.63) is 76.4 Å². The number of hydrogen-bond acceptors (Lipinski definition) is 5. The molecule has 2 radical (unpaired) electrons. The lowest BCUT2D eigenvalue weighted by Crippen LogP contribution is -2.22. The summed E-state index contributed by atoms with van der Waals surface area (Å²) in [5.74, 6) is -0.186. The summed E-state index contributed by atoms with van der Waals surface area (Å²) in [4.78, 5) is 31.6. The fraction of sp³-hybridized carbons (Fsp3) is 0.130. The summed E-state index contributed by atoms with van der Waals surface area (Å²) in [6, 6.07) is 12.6. The van der Waals surface area contributed by atoms with Gasteiger partial charge < -0.3 is 20.3 Å². The van der Waals surface area contributed by atoms with Gasteiger partial charge in [-0.3, -0.25) is 15.0 Å². The Hall–Kier alpha value is -3.85. The Bertz CT molecular complexity index is 1200. The van der Waals surface area contributed by atoms with E-state index in [1.54, 1.807) is 55.4 Å². The van der Waals surface area contributed by atoms with Gasteiger partial charge in [-0.05, 0) is 24.3 Å². The van der Waals surface area contributed by atoms with E-state index < -0.39 is 11.8 Å². The molecule has 3 aromatic rings. The van der Waals surface area contributed by atoms with Crippen molar-refractivity contribution in [2.75, 3.05) is 31.8 Å². The summed E-state index contributed by atoms with van der Waals surface area (Å²) >= 11 is 6.17. The zero-order chi connectivity index (χ0) is 24.1. The Morgan fingerprint density at radius 3 is 2.27 bits per heavy atom. The van der Waals surface area contributed by atoms with Gasteiger partial charge in [-0.15, -0.1) is 0 Å². The van der Waals surface area contributed by atoms with Gasteiger partial charge in [0.1, 0.15) is 25.2 Å². The maximum absolute atomic E-state index is 13.0. The van der Waals surface area contributed by atoms with Gasteiger partial charge in [0.05, 0.1) is 18.4 Å². The molecule has 8 nitrogen and oxygen atoms in total. The third-order valence-electron chi connectivity index (χ3n) is 4.67. The number of nitrogens with one attached hydrogen (secondary N) is 3. The molecule has 3 N–H and O–H groups in total. The Kier molecular flexibility index (Phi) is 7.35. The summed E-state index contributed by atoms with van der Waals surface area (Å²) in [6.07, 6.45) is 1.41. The largest absolute Gasteiger partial charge is 0.494 e. The summed E-state index contributed by atoms with van der Waals surface area (Å²) in [5, 5.41) is 13.7. The predicted octanol–water partition coefficient (Wildman–Crippen LogP) is 2.93. The molecule has 0 spiro atoms. The second-order valence-electron chi connectivity index (χ2n) is 7.24. The minimum absolute atomic E-state index is 0.0948. The molecule has 0 aliphatic carbocycles. The van der Waals surface area contributed by atoms with Crippen LogP contribution >= 0.6 is 11.6 Å². The summed E-state index contributed by atoms with van der Waals surface area (Å²) < 4.78 is 5.35. The van der Waals surface area contributed by atoms with Gasteiger partial charge in [-0.1, -0.05) is 35.3 Å². The Labute approximate surface area is 197 Å². The van der Waals surface area contributed by atoms with Crippen LogP contribution in [-0.4, -0.2) is 56.6 Å². The van der Waals surface area contributed by atoms with Crippen molar-refractivity contribution in [2.45, 2.75) is 0 Å². The van der Waals surface area contributed by atoms with E-state index in [4.69, 9.17) is 29.6 Å². The molecule has 0 aliphatic rings. The van der Waals surface area contributed by atoms with Crippen molar-refractivity contribution >= 4 is 54.1 Å². The van der Waals surface area contributed by atoms with E-state index in [0.717, 1.165) is 0 Å². The van der Waals surface area contributed by atoms with Crippen LogP contribution in [0, 0.1) is 5.41 Å². The molecule has 3 rings (SSSR count). The number of aromatic nitrogens is 1. The summed E-state index contributed by atoms with van der Waals surface area (Å²) in [5.41, 5.74) is 1.71. The van der Waals surface area contributed by atoms with E-state index in [9.17, 15) is 9.59 Å². The van der Waals surface area contributed by atoms with Crippen LogP contribution in [0.3, 0.4) is 0 Å². The van der Waals surface area contributed by atoms with Crippen molar-refractivity contribution < 1.29 is 14.3 Å². The molecule has 0 atom stereocenters. The number of amidine groups is 1. The van der Waals surface area contributed by atoms with Gasteiger partial charge in [-0.2, -0.15) is 0 Å². The zero-order valence-electron chi connectivity index (χ0n) is 18.3. The number of carbonyl (C=O) groups is 2. The Morgan fingerprint density at radius 1 is 1.03 bits per heavy atom. The van der Waals surface area contributed by atoms with Crippen molar-refractivity contribution in [2.24, 2.45) is 0 Å². The van der Waals surface area contributed by atoms with Crippen LogP contribution < -0.4 is 20.8 Å². The number of amides is 2. The first kappa shape index (κ1) is 23.8. The quantitative estimate of drug-likeness (QED) is 0.297. The highest BCUT2D eigenvalue weighted by Gasteiger charge is 2.21. The third-order valence-corrected chi connectivity index (χ3v) is 4.88. The van der Waals surface area contributed by atoms with Crippen molar-refractivity contribution in [1.29, 1.82) is 5.41 Å². The van der Waals surface area contributed by atoms with E-state index in [0.29, 0.717) is 22.4 Å². The fourth-order valence-electron chi connectivity index (χ4n) is 2.94. The van der Waals surface area contributed by atoms with Crippen LogP contribution in [0.2, 0.25) is 5.02 Å². The Morgan fingerprint density at radius 2 is 1.70 bits per heavy atom. The Balaban J connectivity index is 1.90. The summed E-state index contributed by atoms with van der Waals surface area (Å²) in [7, 11) is 10.6. The van der Waals surface area contributed by atoms with Crippen LogP contribution in [0.1, 0.15) is 26.3 Å². The smallest absolute Gasteiger partial charge is 0.259 e. The molecule has 0 bridgehead atoms. The SMILES string of the molecule is [B]c1ccc(NC(=O)c2cc(Cl)cc(OC)c2NC(=O)c2ccc(C(=N)N(C)C)cc2)nc1. The van der Waals surface area contributed by atoms with Crippen LogP contribution in [0.5, 0.6) is 5.75 Å². The second-order valence-corrected chi connectivity index (χ2v) is 7.67. The molecule has 10 heteroatoms. The van der Waals surface area contributed by atoms with Gasteiger partial charge >= 0.3 is 0 Å². The van der Waals surface area contributed by atoms with Gasteiger partial charge in [0.15, 0.2) is 0 Å². The normalized spacial score (nSPS) is 10.3. The first-order valence-corrected chi connectivity index (χ1v) is 10.2. The molecule has 166 valence electrons.